The van der Waals surface area contributed by atoms with E-state index in [0.29, 0.717) is 17.3 Å². The van der Waals surface area contributed by atoms with Gasteiger partial charge in [0.05, 0.1) is 6.26 Å². The van der Waals surface area contributed by atoms with E-state index in [1.54, 1.807) is 41.3 Å². The number of hydrogen-bond acceptors (Lipinski definition) is 3. The van der Waals surface area contributed by atoms with E-state index in [2.05, 4.69) is 4.72 Å². The average Bonchev–Trinajstić information content (AvgIpc) is 2.58. The fourth-order valence-corrected chi connectivity index (χ4v) is 3.69. The lowest BCUT2D eigenvalue weighted by atomic mass is 10.0. The molecule has 1 amide bonds. The van der Waals surface area contributed by atoms with Crippen LogP contribution in [0.1, 0.15) is 17.5 Å². The van der Waals surface area contributed by atoms with Crippen LogP contribution in [0.4, 0.5) is 11.4 Å². The Morgan fingerprint density at radius 2 is 1.92 bits per heavy atom. The van der Waals surface area contributed by atoms with Crippen LogP contribution in [0, 0.1) is 0 Å². The quantitative estimate of drug-likeness (QED) is 0.809. The molecule has 0 aromatic heterocycles. The maximum Gasteiger partial charge on any atom is 0.250 e. The molecule has 0 saturated heterocycles. The van der Waals surface area contributed by atoms with Crippen molar-refractivity contribution in [1.29, 1.82) is 0 Å². The van der Waals surface area contributed by atoms with Crippen molar-refractivity contribution in [3.05, 3.63) is 64.7 Å². The lowest BCUT2D eigenvalue weighted by Crippen LogP contribution is -2.34. The van der Waals surface area contributed by atoms with Gasteiger partial charge in [0.15, 0.2) is 0 Å². The standard InChI is InChI=1S/C19H19ClN2O3S/c1-26(24,25)21-17-8-4-14(5-9-17)6-11-19(23)22-12-2-3-15-13-16(20)7-10-18(15)22/h4-11,13,21H,2-3,12H2,1H3. The van der Waals surface area contributed by atoms with Gasteiger partial charge in [-0.1, -0.05) is 23.7 Å². The van der Waals surface area contributed by atoms with Gasteiger partial charge in [0.2, 0.25) is 10.0 Å². The van der Waals surface area contributed by atoms with E-state index in [-0.39, 0.29) is 5.91 Å². The van der Waals surface area contributed by atoms with Crippen molar-refractivity contribution < 1.29 is 13.2 Å². The smallest absolute Gasteiger partial charge is 0.250 e. The van der Waals surface area contributed by atoms with Gasteiger partial charge in [-0.25, -0.2) is 8.42 Å². The number of carbonyl (C=O) groups is 1. The van der Waals surface area contributed by atoms with Crippen molar-refractivity contribution >= 4 is 45.0 Å². The van der Waals surface area contributed by atoms with E-state index in [1.807, 2.05) is 12.1 Å². The zero-order valence-corrected chi connectivity index (χ0v) is 15.8. The van der Waals surface area contributed by atoms with E-state index in [9.17, 15) is 13.2 Å². The van der Waals surface area contributed by atoms with Crippen LogP contribution in [-0.2, 0) is 21.2 Å². The van der Waals surface area contributed by atoms with Crippen LogP contribution >= 0.6 is 11.6 Å². The van der Waals surface area contributed by atoms with E-state index >= 15 is 0 Å². The second-order valence-corrected chi connectivity index (χ2v) is 8.38. The van der Waals surface area contributed by atoms with E-state index in [1.165, 1.54) is 6.08 Å². The number of sulfonamides is 1. The summed E-state index contributed by atoms with van der Waals surface area (Å²) in [5, 5.41) is 0.677. The molecule has 0 atom stereocenters. The minimum Gasteiger partial charge on any atom is -0.309 e. The second kappa shape index (κ2) is 7.51. The molecule has 0 bridgehead atoms. The summed E-state index contributed by atoms with van der Waals surface area (Å²) in [5.41, 5.74) is 3.29. The van der Waals surface area contributed by atoms with Gasteiger partial charge in [0, 0.05) is 29.0 Å². The molecule has 0 saturated carbocycles. The molecular weight excluding hydrogens is 372 g/mol. The number of carbonyl (C=O) groups excluding carboxylic acids is 1. The predicted octanol–water partition coefficient (Wildman–Crippen LogP) is 3.70. The number of anilines is 2. The first-order valence-electron chi connectivity index (χ1n) is 8.18. The summed E-state index contributed by atoms with van der Waals surface area (Å²) in [6.45, 7) is 0.676. The van der Waals surface area contributed by atoms with Crippen LogP contribution in [0.15, 0.2) is 48.5 Å². The molecule has 7 heteroatoms. The Morgan fingerprint density at radius 3 is 2.62 bits per heavy atom. The number of fused-ring (bicyclic) bond motifs is 1. The Labute approximate surface area is 158 Å². The SMILES string of the molecule is CS(=O)(=O)Nc1ccc(C=CC(=O)N2CCCc3cc(Cl)ccc32)cc1. The molecule has 0 fully saturated rings. The van der Waals surface area contributed by atoms with Crippen molar-refractivity contribution in [2.24, 2.45) is 0 Å². The second-order valence-electron chi connectivity index (χ2n) is 6.20. The molecule has 0 unspecified atom stereocenters. The van der Waals surface area contributed by atoms with E-state index in [4.69, 9.17) is 11.6 Å². The van der Waals surface area contributed by atoms with Gasteiger partial charge >= 0.3 is 0 Å². The third kappa shape index (κ3) is 4.65. The van der Waals surface area contributed by atoms with Crippen LogP contribution in [0.3, 0.4) is 0 Å². The fourth-order valence-electron chi connectivity index (χ4n) is 2.93. The summed E-state index contributed by atoms with van der Waals surface area (Å²) in [4.78, 5) is 14.3. The van der Waals surface area contributed by atoms with Crippen LogP contribution < -0.4 is 9.62 Å². The Morgan fingerprint density at radius 1 is 1.19 bits per heavy atom. The number of halogens is 1. The molecule has 2 aromatic carbocycles. The monoisotopic (exact) mass is 390 g/mol. The fraction of sp³-hybridized carbons (Fsp3) is 0.211. The molecular formula is C19H19ClN2O3S. The maximum absolute atomic E-state index is 12.6. The molecule has 0 radical (unpaired) electrons. The molecule has 1 N–H and O–H groups in total. The zero-order chi connectivity index (χ0) is 18.7. The van der Waals surface area contributed by atoms with Crippen LogP contribution in [0.25, 0.3) is 6.08 Å². The van der Waals surface area contributed by atoms with Gasteiger partial charge < -0.3 is 4.90 Å². The van der Waals surface area contributed by atoms with Crippen molar-refractivity contribution in [2.45, 2.75) is 12.8 Å². The molecule has 1 aliphatic heterocycles. The molecule has 5 nitrogen and oxygen atoms in total. The summed E-state index contributed by atoms with van der Waals surface area (Å²) >= 11 is 6.04. The van der Waals surface area contributed by atoms with Gasteiger partial charge in [-0.05, 0) is 60.4 Å². The minimum atomic E-state index is -3.30. The first-order chi connectivity index (χ1) is 12.3. The van der Waals surface area contributed by atoms with Crippen LogP contribution in [0.5, 0.6) is 0 Å². The van der Waals surface area contributed by atoms with Crippen molar-refractivity contribution in [1.82, 2.24) is 0 Å². The summed E-state index contributed by atoms with van der Waals surface area (Å²) in [7, 11) is -3.30. The number of nitrogens with zero attached hydrogens (tertiary/aromatic N) is 1. The van der Waals surface area contributed by atoms with Crippen molar-refractivity contribution in [3.63, 3.8) is 0 Å². The molecule has 2 aromatic rings. The Hall–Kier alpha value is -2.31. The highest BCUT2D eigenvalue weighted by atomic mass is 35.5. The molecule has 26 heavy (non-hydrogen) atoms. The first-order valence-corrected chi connectivity index (χ1v) is 10.4. The zero-order valence-electron chi connectivity index (χ0n) is 14.3. The van der Waals surface area contributed by atoms with E-state index < -0.39 is 10.0 Å². The maximum atomic E-state index is 12.6. The summed E-state index contributed by atoms with van der Waals surface area (Å²) in [6.07, 6.45) is 6.17. The lowest BCUT2D eigenvalue weighted by Gasteiger charge is -2.28. The number of rotatable bonds is 4. The first kappa shape index (κ1) is 18.5. The van der Waals surface area contributed by atoms with Crippen LogP contribution in [0.2, 0.25) is 5.02 Å². The normalized spacial score (nSPS) is 14.3. The molecule has 1 heterocycles. The molecule has 0 spiro atoms. The molecule has 0 aliphatic carbocycles. The number of benzene rings is 2. The third-order valence-electron chi connectivity index (χ3n) is 4.06. The molecule has 3 rings (SSSR count). The van der Waals surface area contributed by atoms with Gasteiger partial charge in [-0.2, -0.15) is 0 Å². The topological polar surface area (TPSA) is 66.5 Å². The number of hydrogen-bond donors (Lipinski definition) is 1. The Bertz CT molecular complexity index is 953. The third-order valence-corrected chi connectivity index (χ3v) is 4.90. The Balaban J connectivity index is 1.72. The molecule has 1 aliphatic rings. The lowest BCUT2D eigenvalue weighted by molar-refractivity contribution is -0.114. The number of nitrogens with one attached hydrogen (secondary N) is 1. The number of amides is 1. The highest BCUT2D eigenvalue weighted by Gasteiger charge is 2.20. The highest BCUT2D eigenvalue weighted by Crippen LogP contribution is 2.29. The summed E-state index contributed by atoms with van der Waals surface area (Å²) in [6, 6.07) is 12.4. The average molecular weight is 391 g/mol. The van der Waals surface area contributed by atoms with Gasteiger partial charge in [-0.3, -0.25) is 9.52 Å². The van der Waals surface area contributed by atoms with Crippen molar-refractivity contribution in [3.8, 4) is 0 Å². The van der Waals surface area contributed by atoms with Gasteiger partial charge in [0.25, 0.3) is 5.91 Å². The van der Waals surface area contributed by atoms with Crippen molar-refractivity contribution in [2.75, 3.05) is 22.4 Å². The summed E-state index contributed by atoms with van der Waals surface area (Å²) < 4.78 is 24.8. The van der Waals surface area contributed by atoms with E-state index in [0.717, 1.165) is 35.9 Å². The summed E-state index contributed by atoms with van der Waals surface area (Å²) in [5.74, 6) is -0.0911. The van der Waals surface area contributed by atoms with Gasteiger partial charge in [0.1, 0.15) is 0 Å². The molecule has 136 valence electrons. The van der Waals surface area contributed by atoms with Gasteiger partial charge in [-0.15, -0.1) is 0 Å². The largest absolute Gasteiger partial charge is 0.309 e. The number of aryl methyl sites for hydroxylation is 1. The highest BCUT2D eigenvalue weighted by molar-refractivity contribution is 7.92. The minimum absolute atomic E-state index is 0.0911. The van der Waals surface area contributed by atoms with Crippen LogP contribution in [-0.4, -0.2) is 27.1 Å². The Kier molecular flexibility index (Phi) is 5.34. The predicted molar refractivity (Wildman–Crippen MR) is 106 cm³/mol.